The van der Waals surface area contributed by atoms with E-state index in [1.165, 1.54) is 48.3 Å². The van der Waals surface area contributed by atoms with Gasteiger partial charge in [-0.1, -0.05) is 12.8 Å². The van der Waals surface area contributed by atoms with Gasteiger partial charge in [0.1, 0.15) is 5.38 Å². The standard InChI is InChI=1S/C16H28O3Si2/c1-13-7-5-11-20(3,18-13)15-9-10-17-16(15)21(4)12-6-8-14(2)19-21/h9-10,13-14H,5-8,11-12H2,1-4H3. The first-order valence-corrected chi connectivity index (χ1v) is 13.6. The van der Waals surface area contributed by atoms with Crippen LogP contribution in [0.15, 0.2) is 16.7 Å². The zero-order chi connectivity index (χ0) is 15.1. The van der Waals surface area contributed by atoms with E-state index in [2.05, 4.69) is 33.0 Å². The lowest BCUT2D eigenvalue weighted by atomic mass is 10.2. The molecule has 3 heterocycles. The molecule has 4 unspecified atom stereocenters. The Morgan fingerprint density at radius 1 is 0.952 bits per heavy atom. The number of hydrogen-bond acceptors (Lipinski definition) is 3. The van der Waals surface area contributed by atoms with Crippen LogP contribution in [0.1, 0.15) is 39.5 Å². The molecular formula is C16H28O3Si2. The van der Waals surface area contributed by atoms with E-state index < -0.39 is 16.6 Å². The molecule has 0 spiro atoms. The van der Waals surface area contributed by atoms with Crippen LogP contribution in [0.5, 0.6) is 0 Å². The Kier molecular flexibility index (Phi) is 4.20. The van der Waals surface area contributed by atoms with Gasteiger partial charge >= 0.3 is 0 Å². The molecule has 5 heteroatoms. The average molecular weight is 325 g/mol. The zero-order valence-corrected chi connectivity index (χ0v) is 15.8. The molecule has 2 aliphatic rings. The highest BCUT2D eigenvalue weighted by molar-refractivity contribution is 6.95. The molecule has 3 nitrogen and oxygen atoms in total. The second kappa shape index (κ2) is 5.68. The smallest absolute Gasteiger partial charge is 0.261 e. The van der Waals surface area contributed by atoms with Crippen LogP contribution >= 0.6 is 0 Å². The summed E-state index contributed by atoms with van der Waals surface area (Å²) in [5.74, 6) is 0. The molecule has 0 bridgehead atoms. The lowest BCUT2D eigenvalue weighted by molar-refractivity contribution is 0.178. The van der Waals surface area contributed by atoms with E-state index in [0.29, 0.717) is 12.2 Å². The van der Waals surface area contributed by atoms with Gasteiger partial charge in [-0.15, -0.1) is 0 Å². The van der Waals surface area contributed by atoms with Crippen LogP contribution in [-0.2, 0) is 8.85 Å². The van der Waals surface area contributed by atoms with Gasteiger partial charge < -0.3 is 13.3 Å². The van der Waals surface area contributed by atoms with Crippen LogP contribution in [0.2, 0.25) is 25.2 Å². The quantitative estimate of drug-likeness (QED) is 0.783. The molecular weight excluding hydrogens is 296 g/mol. The summed E-state index contributed by atoms with van der Waals surface area (Å²) in [7, 11) is -3.79. The monoisotopic (exact) mass is 324 g/mol. The Morgan fingerprint density at radius 2 is 1.52 bits per heavy atom. The molecule has 2 aliphatic heterocycles. The lowest BCUT2D eigenvalue weighted by Crippen LogP contribution is -2.64. The summed E-state index contributed by atoms with van der Waals surface area (Å²) in [6.45, 7) is 9.10. The van der Waals surface area contributed by atoms with Crippen molar-refractivity contribution in [2.24, 2.45) is 0 Å². The fourth-order valence-corrected chi connectivity index (χ4v) is 12.3. The molecule has 1 aromatic rings. The fourth-order valence-electron chi connectivity index (χ4n) is 4.08. The third-order valence-electron chi connectivity index (χ3n) is 5.17. The maximum Gasteiger partial charge on any atom is 0.261 e. The third kappa shape index (κ3) is 2.93. The predicted octanol–water partition coefficient (Wildman–Crippen LogP) is 3.24. The highest BCUT2D eigenvalue weighted by Gasteiger charge is 2.47. The Balaban J connectivity index is 1.93. The summed E-state index contributed by atoms with van der Waals surface area (Å²) < 4.78 is 18.9. The van der Waals surface area contributed by atoms with E-state index in [-0.39, 0.29) is 0 Å². The molecule has 2 fully saturated rings. The Hall–Kier alpha value is -0.366. The van der Waals surface area contributed by atoms with Crippen LogP contribution in [0, 0.1) is 0 Å². The van der Waals surface area contributed by atoms with Crippen molar-refractivity contribution in [2.45, 2.75) is 76.9 Å². The van der Waals surface area contributed by atoms with Crippen molar-refractivity contribution in [3.8, 4) is 0 Å². The minimum absolute atomic E-state index is 0.369. The molecule has 0 radical (unpaired) electrons. The van der Waals surface area contributed by atoms with E-state index in [4.69, 9.17) is 13.3 Å². The molecule has 118 valence electrons. The molecule has 1 aromatic heterocycles. The second-order valence-corrected chi connectivity index (χ2v) is 14.7. The minimum Gasteiger partial charge on any atom is -0.471 e. The Bertz CT molecular complexity index is 461. The molecule has 0 N–H and O–H groups in total. The number of hydrogen-bond donors (Lipinski definition) is 0. The first kappa shape index (κ1) is 15.5. The SMILES string of the molecule is CC1CCC[Si](C)(c2ccoc2[Si]2(C)CCCC(C)O2)O1. The van der Waals surface area contributed by atoms with Crippen molar-refractivity contribution >= 4 is 27.2 Å². The van der Waals surface area contributed by atoms with Gasteiger partial charge in [0.2, 0.25) is 8.32 Å². The maximum absolute atomic E-state index is 6.47. The molecule has 2 saturated heterocycles. The van der Waals surface area contributed by atoms with Crippen molar-refractivity contribution in [3.05, 3.63) is 12.3 Å². The largest absolute Gasteiger partial charge is 0.471 e. The van der Waals surface area contributed by atoms with E-state index in [1.54, 1.807) is 0 Å². The van der Waals surface area contributed by atoms with Gasteiger partial charge in [0.15, 0.2) is 0 Å². The second-order valence-electron chi connectivity index (χ2n) is 7.27. The normalized spacial score (nSPS) is 41.1. The molecule has 0 amide bonds. The van der Waals surface area contributed by atoms with Crippen LogP contribution < -0.4 is 10.6 Å². The van der Waals surface area contributed by atoms with Gasteiger partial charge in [-0.25, -0.2) is 0 Å². The predicted molar refractivity (Wildman–Crippen MR) is 90.4 cm³/mol. The molecule has 3 rings (SSSR count). The summed E-state index contributed by atoms with van der Waals surface area (Å²) >= 11 is 0. The van der Waals surface area contributed by atoms with Gasteiger partial charge in [0, 0.05) is 17.4 Å². The third-order valence-corrected chi connectivity index (χ3v) is 12.8. The molecule has 0 saturated carbocycles. The van der Waals surface area contributed by atoms with Gasteiger partial charge in [-0.05, 0) is 57.9 Å². The lowest BCUT2D eigenvalue weighted by Gasteiger charge is -2.39. The molecule has 21 heavy (non-hydrogen) atoms. The first-order valence-electron chi connectivity index (χ1n) is 8.37. The zero-order valence-electron chi connectivity index (χ0n) is 13.8. The molecule has 4 atom stereocenters. The summed E-state index contributed by atoms with van der Waals surface area (Å²) in [4.78, 5) is 0. The van der Waals surface area contributed by atoms with Gasteiger partial charge in [-0.2, -0.15) is 0 Å². The van der Waals surface area contributed by atoms with Crippen LogP contribution in [0.4, 0.5) is 0 Å². The molecule has 0 aromatic carbocycles. The first-order chi connectivity index (χ1) is 9.93. The average Bonchev–Trinajstić information content (AvgIpc) is 2.88. The summed E-state index contributed by atoms with van der Waals surface area (Å²) in [5, 5.41) is 2.56. The fraction of sp³-hybridized carbons (Fsp3) is 0.750. The van der Waals surface area contributed by atoms with Crippen LogP contribution in [0.25, 0.3) is 0 Å². The van der Waals surface area contributed by atoms with Crippen molar-refractivity contribution in [3.63, 3.8) is 0 Å². The Labute approximate surface area is 130 Å². The topological polar surface area (TPSA) is 31.6 Å². The van der Waals surface area contributed by atoms with Crippen LogP contribution in [-0.4, -0.2) is 28.8 Å². The highest BCUT2D eigenvalue weighted by atomic mass is 28.4. The highest BCUT2D eigenvalue weighted by Crippen LogP contribution is 2.29. The summed E-state index contributed by atoms with van der Waals surface area (Å²) in [6.07, 6.45) is 7.54. The number of rotatable bonds is 2. The number of furan rings is 1. The van der Waals surface area contributed by atoms with Crippen molar-refractivity contribution < 1.29 is 13.3 Å². The van der Waals surface area contributed by atoms with E-state index in [1.807, 2.05) is 6.26 Å². The van der Waals surface area contributed by atoms with Gasteiger partial charge in [0.25, 0.3) is 8.32 Å². The van der Waals surface area contributed by atoms with E-state index >= 15 is 0 Å². The van der Waals surface area contributed by atoms with E-state index in [0.717, 1.165) is 0 Å². The van der Waals surface area contributed by atoms with Crippen LogP contribution in [0.3, 0.4) is 0 Å². The van der Waals surface area contributed by atoms with Gasteiger partial charge in [-0.3, -0.25) is 0 Å². The van der Waals surface area contributed by atoms with Crippen molar-refractivity contribution in [1.29, 1.82) is 0 Å². The molecule has 0 aliphatic carbocycles. The van der Waals surface area contributed by atoms with Crippen molar-refractivity contribution in [2.75, 3.05) is 0 Å². The summed E-state index contributed by atoms with van der Waals surface area (Å²) in [6, 6.07) is 4.57. The summed E-state index contributed by atoms with van der Waals surface area (Å²) in [5.41, 5.74) is 0. The Morgan fingerprint density at radius 3 is 2.14 bits per heavy atom. The maximum atomic E-state index is 6.47. The van der Waals surface area contributed by atoms with Gasteiger partial charge in [0.05, 0.1) is 6.26 Å². The van der Waals surface area contributed by atoms with Crippen molar-refractivity contribution in [1.82, 2.24) is 0 Å². The van der Waals surface area contributed by atoms with E-state index in [9.17, 15) is 0 Å². The minimum atomic E-state index is -1.93.